The zero-order chi connectivity index (χ0) is 21.1. The molecular weight excluding hydrogens is 481 g/mol. The van der Waals surface area contributed by atoms with E-state index in [-0.39, 0.29) is 37.8 Å². The second-order valence-electron chi connectivity index (χ2n) is 8.03. The summed E-state index contributed by atoms with van der Waals surface area (Å²) < 4.78 is 5.26. The van der Waals surface area contributed by atoms with E-state index >= 15 is 0 Å². The van der Waals surface area contributed by atoms with Crippen molar-refractivity contribution in [2.45, 2.75) is 46.0 Å². The molecular formula is C23H37Cl2NOSi2Ti-4. The molecule has 2 radical (unpaired) electrons. The molecule has 0 heterocycles. The fraction of sp³-hybridized carbons (Fsp3) is 0.348. The van der Waals surface area contributed by atoms with Crippen LogP contribution in [-0.4, -0.2) is 28.1 Å². The van der Waals surface area contributed by atoms with Crippen LogP contribution in [0.4, 0.5) is 0 Å². The summed E-state index contributed by atoms with van der Waals surface area (Å²) in [5.74, 6) is 0. The first kappa shape index (κ1) is 37.3. The molecule has 0 aliphatic rings. The van der Waals surface area contributed by atoms with E-state index in [9.17, 15) is 0 Å². The van der Waals surface area contributed by atoms with Gasteiger partial charge in [0.2, 0.25) is 0 Å². The van der Waals surface area contributed by atoms with Gasteiger partial charge < -0.3 is 24.5 Å². The molecule has 3 aromatic rings. The fourth-order valence-corrected chi connectivity index (χ4v) is 2.82. The average Bonchev–Trinajstić information content (AvgIpc) is 2.93. The summed E-state index contributed by atoms with van der Waals surface area (Å²) in [6.45, 7) is 16.2. The number of hydrogen-bond donors (Lipinski definition) is 0. The van der Waals surface area contributed by atoms with Gasteiger partial charge in [-0.15, -0.1) is 70.1 Å². The minimum absolute atomic E-state index is 0. The van der Waals surface area contributed by atoms with E-state index in [1.807, 2.05) is 20.8 Å². The van der Waals surface area contributed by atoms with E-state index in [0.717, 1.165) is 0 Å². The molecule has 7 heteroatoms. The topological polar surface area (TPSA) is 33.0 Å². The summed E-state index contributed by atoms with van der Waals surface area (Å²) in [6.07, 6.45) is 0. The molecule has 0 saturated heterocycles. The number of benzene rings is 2. The molecule has 0 saturated carbocycles. The van der Waals surface area contributed by atoms with Crippen molar-refractivity contribution in [1.82, 2.24) is 0 Å². The minimum Gasteiger partial charge on any atom is -0.126 e. The maximum Gasteiger partial charge on any atom is -0.0771 e. The first-order valence-electron chi connectivity index (χ1n) is 8.97. The number of rotatable bonds is 2. The van der Waals surface area contributed by atoms with E-state index in [0.29, 0.717) is 6.61 Å². The SMILES string of the molecule is CC(C)(C)[NH-].Cl.Cl.[CH2-]CO[Si](C)(C)C.[CH3-].[Si]=[Ti].c1ccc2c(c1)[cH-]c1ccccc12. The number of halogens is 2. The molecule has 0 aliphatic heterocycles. The normalized spacial score (nSPS) is 9.70. The Hall–Kier alpha value is -0.0419. The van der Waals surface area contributed by atoms with Crippen LogP contribution in [0.15, 0.2) is 54.6 Å². The molecule has 0 aromatic heterocycles. The van der Waals surface area contributed by atoms with Crippen LogP contribution in [0.3, 0.4) is 0 Å². The zero-order valence-electron chi connectivity index (χ0n) is 19.3. The predicted molar refractivity (Wildman–Crippen MR) is 142 cm³/mol. The van der Waals surface area contributed by atoms with Gasteiger partial charge in [-0.2, -0.15) is 0 Å². The maximum atomic E-state index is 6.94. The van der Waals surface area contributed by atoms with Crippen molar-refractivity contribution >= 4 is 62.3 Å². The van der Waals surface area contributed by atoms with Gasteiger partial charge in [-0.05, 0) is 19.6 Å². The van der Waals surface area contributed by atoms with Gasteiger partial charge in [-0.1, -0.05) is 63.8 Å². The number of nitrogens with one attached hydrogen (secondary N) is 1. The Morgan fingerprint density at radius 2 is 1.23 bits per heavy atom. The Morgan fingerprint density at radius 1 is 0.933 bits per heavy atom. The molecule has 2 nitrogen and oxygen atoms in total. The van der Waals surface area contributed by atoms with Crippen LogP contribution < -0.4 is 0 Å². The Morgan fingerprint density at radius 3 is 1.47 bits per heavy atom. The molecule has 0 atom stereocenters. The average molecular weight is 519 g/mol. The van der Waals surface area contributed by atoms with Gasteiger partial charge in [0, 0.05) is 0 Å². The molecule has 30 heavy (non-hydrogen) atoms. The summed E-state index contributed by atoms with van der Waals surface area (Å²) in [4.78, 5) is 0. The molecule has 170 valence electrons. The molecule has 0 aliphatic carbocycles. The van der Waals surface area contributed by atoms with Crippen molar-refractivity contribution in [1.29, 1.82) is 0 Å². The van der Waals surface area contributed by atoms with Crippen molar-refractivity contribution < 1.29 is 23.6 Å². The second kappa shape index (κ2) is 18.5. The molecule has 3 aromatic carbocycles. The third kappa shape index (κ3) is 17.6. The fourth-order valence-electron chi connectivity index (χ4n) is 2.21. The van der Waals surface area contributed by atoms with Gasteiger partial charge in [0.1, 0.15) is 0 Å². The van der Waals surface area contributed by atoms with Crippen molar-refractivity contribution in [3.05, 3.63) is 74.7 Å². The van der Waals surface area contributed by atoms with Crippen molar-refractivity contribution in [2.24, 2.45) is 0 Å². The smallest absolute Gasteiger partial charge is 0.0771 e. The molecule has 0 spiro atoms. The monoisotopic (exact) mass is 517 g/mol. The van der Waals surface area contributed by atoms with Gasteiger partial charge in [0.05, 0.1) is 0 Å². The molecule has 0 amide bonds. The van der Waals surface area contributed by atoms with Gasteiger partial charge in [0.15, 0.2) is 8.32 Å². The van der Waals surface area contributed by atoms with Crippen LogP contribution >= 0.6 is 24.8 Å². The molecule has 1 N–H and O–H groups in total. The summed E-state index contributed by atoms with van der Waals surface area (Å²) >= 11 is 1.81. The van der Waals surface area contributed by atoms with Gasteiger partial charge in [0.25, 0.3) is 0 Å². The Bertz CT molecular complexity index is 743. The van der Waals surface area contributed by atoms with Crippen molar-refractivity contribution in [3.63, 3.8) is 0 Å². The number of fused-ring (bicyclic) bond motifs is 3. The van der Waals surface area contributed by atoms with Crippen LogP contribution in [0.25, 0.3) is 27.3 Å². The summed E-state index contributed by atoms with van der Waals surface area (Å²) in [6, 6.07) is 19.3. The van der Waals surface area contributed by atoms with E-state index in [1.165, 1.54) is 21.5 Å². The Kier molecular flexibility index (Phi) is 23.0. The zero-order valence-corrected chi connectivity index (χ0v) is 24.5. The largest absolute Gasteiger partial charge is 0.126 e. The quantitative estimate of drug-likeness (QED) is 0.249. The minimum atomic E-state index is -1.22. The number of hydrogen-bond acceptors (Lipinski definition) is 1. The summed E-state index contributed by atoms with van der Waals surface area (Å²) in [5, 5.41) is 5.39. The van der Waals surface area contributed by atoms with E-state index in [1.54, 1.807) is 19.2 Å². The van der Waals surface area contributed by atoms with Gasteiger partial charge in [-0.25, -0.2) is 0 Å². The van der Waals surface area contributed by atoms with Crippen LogP contribution in [0.2, 0.25) is 19.6 Å². The van der Waals surface area contributed by atoms with E-state index in [2.05, 4.69) is 88.8 Å². The third-order valence-corrected chi connectivity index (χ3v) is 4.13. The second-order valence-corrected chi connectivity index (χ2v) is 12.5. The molecule has 0 unspecified atom stereocenters. The van der Waals surface area contributed by atoms with Crippen LogP contribution in [0.5, 0.6) is 0 Å². The molecule has 0 fully saturated rings. The standard InChI is InChI=1S/C13H9.C5H13OSi.C4H10N.CH3.2ClH.Si.Ti/c1-3-7-12-10(5-1)9-11-6-2-4-8-13(11)12;1-5-6-7(2,3)4;1-4(2,3)5;;;;;/h1-9H;1,5H2,2-4H3;5H,1-3H3;1H3;2*1H;;/q4*-1;;;;. The maximum absolute atomic E-state index is 6.94. The summed E-state index contributed by atoms with van der Waals surface area (Å²) in [7, 11) is 1.75. The van der Waals surface area contributed by atoms with E-state index < -0.39 is 8.32 Å². The predicted octanol–water partition coefficient (Wildman–Crippen LogP) is 8.13. The molecule has 3 rings (SSSR count). The Labute approximate surface area is 212 Å². The van der Waals surface area contributed by atoms with Gasteiger partial charge >= 0.3 is 26.8 Å². The first-order valence-corrected chi connectivity index (χ1v) is 15.2. The van der Waals surface area contributed by atoms with Crippen LogP contribution in [0, 0.1) is 14.4 Å². The van der Waals surface area contributed by atoms with Gasteiger partial charge in [-0.3, -0.25) is 0 Å². The van der Waals surface area contributed by atoms with E-state index in [4.69, 9.17) is 10.2 Å². The van der Waals surface area contributed by atoms with Crippen molar-refractivity contribution in [3.8, 4) is 0 Å². The van der Waals surface area contributed by atoms with Crippen LogP contribution in [0.1, 0.15) is 20.8 Å². The first-order chi connectivity index (χ1) is 12.5. The Balaban J connectivity index is -0.000000174. The third-order valence-electron chi connectivity index (χ3n) is 3.06. The summed E-state index contributed by atoms with van der Waals surface area (Å²) in [5.41, 5.74) is 6.69. The van der Waals surface area contributed by atoms with Crippen molar-refractivity contribution in [2.75, 3.05) is 6.61 Å². The van der Waals surface area contributed by atoms with Crippen LogP contribution in [-0.2, 0) is 23.6 Å². The molecule has 0 bridgehead atoms.